The molecular formula is C20H25ClF3N5O2S. The average molecular weight is 492 g/mol. The number of hydrogen-bond acceptors (Lipinski definition) is 6. The summed E-state index contributed by atoms with van der Waals surface area (Å²) in [7, 11) is 0. The van der Waals surface area contributed by atoms with Crippen molar-refractivity contribution in [2.24, 2.45) is 5.92 Å². The predicted octanol–water partition coefficient (Wildman–Crippen LogP) is 4.56. The lowest BCUT2D eigenvalue weighted by molar-refractivity contribution is -0.137. The minimum absolute atomic E-state index is 0.0600. The molecule has 2 heterocycles. The quantitative estimate of drug-likeness (QED) is 0.572. The van der Waals surface area contributed by atoms with Crippen LogP contribution in [0.5, 0.6) is 0 Å². The van der Waals surface area contributed by atoms with Gasteiger partial charge in [-0.2, -0.15) is 13.2 Å². The minimum Gasteiger partial charge on any atom is -0.378 e. The van der Waals surface area contributed by atoms with Gasteiger partial charge < -0.3 is 15.0 Å². The third kappa shape index (κ3) is 6.08. The smallest absolute Gasteiger partial charge is 0.378 e. The molecule has 1 unspecified atom stereocenters. The second-order valence-electron chi connectivity index (χ2n) is 7.82. The molecule has 0 spiro atoms. The van der Waals surface area contributed by atoms with E-state index in [0.29, 0.717) is 49.9 Å². The van der Waals surface area contributed by atoms with Crippen LogP contribution in [0.1, 0.15) is 26.3 Å². The van der Waals surface area contributed by atoms with Gasteiger partial charge in [0.1, 0.15) is 0 Å². The Bertz CT molecular complexity index is 948. The molecular weight excluding hydrogens is 467 g/mol. The molecule has 0 radical (unpaired) electrons. The van der Waals surface area contributed by atoms with E-state index in [0.717, 1.165) is 23.9 Å². The number of morpholine rings is 1. The van der Waals surface area contributed by atoms with Crippen molar-refractivity contribution in [2.45, 2.75) is 43.9 Å². The number of carbonyl (C=O) groups is 1. The topological polar surface area (TPSA) is 72.3 Å². The summed E-state index contributed by atoms with van der Waals surface area (Å²) in [4.78, 5) is 14.8. The highest BCUT2D eigenvalue weighted by atomic mass is 35.5. The molecule has 32 heavy (non-hydrogen) atoms. The van der Waals surface area contributed by atoms with E-state index in [1.807, 2.05) is 4.57 Å². The molecule has 12 heteroatoms. The normalized spacial score (nSPS) is 15.8. The van der Waals surface area contributed by atoms with Crippen LogP contribution in [0.25, 0.3) is 0 Å². The Balaban J connectivity index is 1.77. The van der Waals surface area contributed by atoms with Crippen molar-refractivity contribution in [3.8, 4) is 0 Å². The van der Waals surface area contributed by atoms with Gasteiger partial charge in [0.25, 0.3) is 0 Å². The van der Waals surface area contributed by atoms with Crippen LogP contribution in [0.15, 0.2) is 23.4 Å². The van der Waals surface area contributed by atoms with Gasteiger partial charge in [-0.3, -0.25) is 9.36 Å². The minimum atomic E-state index is -4.64. The van der Waals surface area contributed by atoms with Gasteiger partial charge in [0.15, 0.2) is 5.16 Å². The number of anilines is 2. The highest BCUT2D eigenvalue weighted by Gasteiger charge is 2.35. The summed E-state index contributed by atoms with van der Waals surface area (Å²) < 4.78 is 47.3. The summed E-state index contributed by atoms with van der Waals surface area (Å²) >= 11 is 6.86. The number of nitrogens with zero attached hydrogens (tertiary/aromatic N) is 4. The number of carbonyl (C=O) groups excluding carboxylic acids is 1. The van der Waals surface area contributed by atoms with Gasteiger partial charge in [0.2, 0.25) is 11.9 Å². The number of nitrogens with one attached hydrogen (secondary N) is 1. The first-order chi connectivity index (χ1) is 15.1. The molecule has 1 aromatic carbocycles. The van der Waals surface area contributed by atoms with Gasteiger partial charge in [0.05, 0.1) is 29.7 Å². The van der Waals surface area contributed by atoms with Crippen molar-refractivity contribution in [1.29, 1.82) is 0 Å². The summed E-state index contributed by atoms with van der Waals surface area (Å²) in [5.74, 6) is 0.432. The lowest BCUT2D eigenvalue weighted by Crippen LogP contribution is -2.38. The Morgan fingerprint density at radius 2 is 1.94 bits per heavy atom. The van der Waals surface area contributed by atoms with Gasteiger partial charge in [-0.15, -0.1) is 10.2 Å². The van der Waals surface area contributed by atoms with Gasteiger partial charge in [-0.1, -0.05) is 37.2 Å². The molecule has 3 rings (SSSR count). The van der Waals surface area contributed by atoms with Crippen LogP contribution in [0, 0.1) is 5.92 Å². The van der Waals surface area contributed by atoms with Crippen molar-refractivity contribution in [3.63, 3.8) is 0 Å². The van der Waals surface area contributed by atoms with E-state index < -0.39 is 22.9 Å². The summed E-state index contributed by atoms with van der Waals surface area (Å²) in [5.41, 5.74) is -1.33. The second-order valence-corrected chi connectivity index (χ2v) is 9.57. The SMILES string of the molecule is CC(C)Cn1c(SC(C)C(=O)Nc2ccc(Cl)cc2C(F)(F)F)nnc1N1CCOCC1. The van der Waals surface area contributed by atoms with E-state index in [9.17, 15) is 18.0 Å². The molecule has 1 saturated heterocycles. The molecule has 1 atom stereocenters. The van der Waals surface area contributed by atoms with E-state index in [1.165, 1.54) is 6.07 Å². The Labute approximate surface area is 193 Å². The number of halogens is 4. The number of benzene rings is 1. The van der Waals surface area contributed by atoms with E-state index in [4.69, 9.17) is 16.3 Å². The zero-order valence-corrected chi connectivity index (χ0v) is 19.5. The van der Waals surface area contributed by atoms with E-state index in [1.54, 1.807) is 6.92 Å². The Morgan fingerprint density at radius 3 is 2.56 bits per heavy atom. The maximum atomic E-state index is 13.3. The van der Waals surface area contributed by atoms with Crippen LogP contribution in [0.2, 0.25) is 5.02 Å². The number of hydrogen-bond donors (Lipinski definition) is 1. The van der Waals surface area contributed by atoms with Crippen molar-refractivity contribution in [3.05, 3.63) is 28.8 Å². The molecule has 0 bridgehead atoms. The number of alkyl halides is 3. The second kappa shape index (κ2) is 10.3. The molecule has 0 saturated carbocycles. The molecule has 1 fully saturated rings. The maximum Gasteiger partial charge on any atom is 0.418 e. The Morgan fingerprint density at radius 1 is 1.25 bits per heavy atom. The largest absolute Gasteiger partial charge is 0.418 e. The van der Waals surface area contributed by atoms with Crippen LogP contribution in [0.4, 0.5) is 24.8 Å². The molecule has 0 aliphatic carbocycles. The third-order valence-electron chi connectivity index (χ3n) is 4.74. The molecule has 1 amide bonds. The summed E-state index contributed by atoms with van der Waals surface area (Å²) in [6, 6.07) is 3.25. The summed E-state index contributed by atoms with van der Waals surface area (Å²) in [6.45, 7) is 8.95. The highest BCUT2D eigenvalue weighted by molar-refractivity contribution is 8.00. The Kier molecular flexibility index (Phi) is 7.94. The molecule has 176 valence electrons. The zero-order valence-electron chi connectivity index (χ0n) is 17.9. The molecule has 1 N–H and O–H groups in total. The lowest BCUT2D eigenvalue weighted by atomic mass is 10.1. The molecule has 1 aliphatic rings. The average Bonchev–Trinajstić information content (AvgIpc) is 3.10. The fourth-order valence-electron chi connectivity index (χ4n) is 3.20. The fraction of sp³-hybridized carbons (Fsp3) is 0.550. The number of aromatic nitrogens is 3. The first kappa shape index (κ1) is 24.7. The first-order valence-corrected chi connectivity index (χ1v) is 11.4. The van der Waals surface area contributed by atoms with Crippen LogP contribution in [0.3, 0.4) is 0 Å². The van der Waals surface area contributed by atoms with E-state index in [2.05, 4.69) is 34.3 Å². The van der Waals surface area contributed by atoms with Gasteiger partial charge >= 0.3 is 6.18 Å². The van der Waals surface area contributed by atoms with Crippen LogP contribution in [-0.2, 0) is 22.3 Å². The number of ether oxygens (including phenoxy) is 1. The molecule has 1 aromatic heterocycles. The van der Waals surface area contributed by atoms with Crippen molar-refractivity contribution < 1.29 is 22.7 Å². The van der Waals surface area contributed by atoms with Crippen LogP contribution < -0.4 is 10.2 Å². The standard InChI is InChI=1S/C20H25ClF3N5O2S/c1-12(2)11-29-18(28-6-8-31-9-7-28)26-27-19(29)32-13(3)17(30)25-16-5-4-14(21)10-15(16)20(22,23)24/h4-5,10,12-13H,6-9,11H2,1-3H3,(H,25,30). The number of thioether (sulfide) groups is 1. The maximum absolute atomic E-state index is 13.3. The van der Waals surface area contributed by atoms with Crippen molar-refractivity contribution in [1.82, 2.24) is 14.8 Å². The summed E-state index contributed by atoms with van der Waals surface area (Å²) in [6.07, 6.45) is -4.64. The van der Waals surface area contributed by atoms with E-state index in [-0.39, 0.29) is 10.7 Å². The highest BCUT2D eigenvalue weighted by Crippen LogP contribution is 2.37. The molecule has 1 aliphatic heterocycles. The van der Waals surface area contributed by atoms with Crippen LogP contribution >= 0.6 is 23.4 Å². The van der Waals surface area contributed by atoms with Crippen LogP contribution in [-0.4, -0.2) is 52.2 Å². The van der Waals surface area contributed by atoms with Crippen molar-refractivity contribution in [2.75, 3.05) is 36.5 Å². The van der Waals surface area contributed by atoms with Gasteiger partial charge in [-0.05, 0) is 31.0 Å². The monoisotopic (exact) mass is 491 g/mol. The van der Waals surface area contributed by atoms with Gasteiger partial charge in [-0.25, -0.2) is 0 Å². The third-order valence-corrected chi connectivity index (χ3v) is 6.05. The number of rotatable bonds is 7. The van der Waals surface area contributed by atoms with E-state index >= 15 is 0 Å². The molecule has 2 aromatic rings. The van der Waals surface area contributed by atoms with Gasteiger partial charge in [0, 0.05) is 24.7 Å². The Hall–Kier alpha value is -1.98. The zero-order chi connectivity index (χ0) is 23.5. The predicted molar refractivity (Wildman–Crippen MR) is 118 cm³/mol. The molecule has 7 nitrogen and oxygen atoms in total. The van der Waals surface area contributed by atoms with Crippen molar-refractivity contribution >= 4 is 40.9 Å². The fourth-order valence-corrected chi connectivity index (χ4v) is 4.22. The lowest BCUT2D eigenvalue weighted by Gasteiger charge is -2.28. The number of amides is 1. The summed E-state index contributed by atoms with van der Waals surface area (Å²) in [5, 5.41) is 10.7. The first-order valence-electron chi connectivity index (χ1n) is 10.2.